The number of benzene rings is 1. The van der Waals surface area contributed by atoms with E-state index in [-0.39, 0.29) is 0 Å². The molecule has 3 aliphatic rings. The molecular formula is C22H34N2O. The van der Waals surface area contributed by atoms with Gasteiger partial charge in [-0.25, -0.2) is 0 Å². The number of likely N-dealkylation sites (tertiary alicyclic amines) is 1. The Morgan fingerprint density at radius 2 is 1.56 bits per heavy atom. The van der Waals surface area contributed by atoms with Gasteiger partial charge >= 0.3 is 0 Å². The maximum atomic E-state index is 6.44. The summed E-state index contributed by atoms with van der Waals surface area (Å²) in [4.78, 5) is 5.12. The molecule has 0 N–H and O–H groups in total. The minimum absolute atomic E-state index is 0.333. The molecule has 2 saturated heterocycles. The quantitative estimate of drug-likeness (QED) is 0.817. The number of anilines is 1. The molecule has 3 nitrogen and oxygen atoms in total. The number of rotatable bonds is 3. The number of hydrogen-bond donors (Lipinski definition) is 0. The van der Waals surface area contributed by atoms with Gasteiger partial charge in [0.1, 0.15) is 0 Å². The Labute approximate surface area is 153 Å². The molecule has 0 unspecified atom stereocenters. The molecule has 4 rings (SSSR count). The first-order valence-electron chi connectivity index (χ1n) is 10.1. The molecule has 25 heavy (non-hydrogen) atoms. The average molecular weight is 343 g/mol. The molecule has 0 aromatic heterocycles. The van der Waals surface area contributed by atoms with Crippen molar-refractivity contribution in [2.45, 2.75) is 71.1 Å². The third-order valence-corrected chi connectivity index (χ3v) is 6.55. The normalized spacial score (nSPS) is 25.0. The van der Waals surface area contributed by atoms with E-state index in [1.807, 2.05) is 0 Å². The fourth-order valence-electron chi connectivity index (χ4n) is 4.78. The van der Waals surface area contributed by atoms with E-state index in [1.165, 1.54) is 50.0 Å². The third kappa shape index (κ3) is 3.59. The molecule has 3 fully saturated rings. The Morgan fingerprint density at radius 3 is 2.12 bits per heavy atom. The fraction of sp³-hybridized carbons (Fsp3) is 0.727. The Bertz CT molecular complexity index is 581. The van der Waals surface area contributed by atoms with Gasteiger partial charge in [0.2, 0.25) is 0 Å². The summed E-state index contributed by atoms with van der Waals surface area (Å²) in [7, 11) is 0. The summed E-state index contributed by atoms with van der Waals surface area (Å²) in [6.45, 7) is 14.0. The van der Waals surface area contributed by atoms with Gasteiger partial charge in [-0.05, 0) is 65.5 Å². The van der Waals surface area contributed by atoms with Crippen molar-refractivity contribution < 1.29 is 4.74 Å². The molecule has 2 heterocycles. The van der Waals surface area contributed by atoms with Gasteiger partial charge < -0.3 is 9.64 Å². The number of hydrogen-bond acceptors (Lipinski definition) is 3. The van der Waals surface area contributed by atoms with Crippen LogP contribution in [0.2, 0.25) is 0 Å². The van der Waals surface area contributed by atoms with E-state index in [0.717, 1.165) is 13.1 Å². The summed E-state index contributed by atoms with van der Waals surface area (Å²) in [5.41, 5.74) is 3.63. The summed E-state index contributed by atoms with van der Waals surface area (Å²) in [5.74, 6) is 0. The molecule has 0 amide bonds. The zero-order valence-electron chi connectivity index (χ0n) is 16.4. The van der Waals surface area contributed by atoms with Crippen LogP contribution < -0.4 is 4.90 Å². The average Bonchev–Trinajstić information content (AvgIpc) is 2.48. The second kappa shape index (κ2) is 6.28. The molecule has 0 bridgehead atoms. The molecule has 1 spiro atoms. The van der Waals surface area contributed by atoms with Crippen LogP contribution in [0, 0.1) is 12.3 Å². The SMILES string of the molecule is Cc1ccc(N2CCC(OC3CC4(C3)CN(C(C)(C)C)C4)CC2)cc1. The van der Waals surface area contributed by atoms with Crippen LogP contribution >= 0.6 is 0 Å². The van der Waals surface area contributed by atoms with Crippen molar-refractivity contribution in [2.24, 2.45) is 5.41 Å². The van der Waals surface area contributed by atoms with Gasteiger partial charge in [0.05, 0.1) is 12.2 Å². The predicted octanol–water partition coefficient (Wildman–Crippen LogP) is 4.24. The van der Waals surface area contributed by atoms with Crippen molar-refractivity contribution >= 4 is 5.69 Å². The van der Waals surface area contributed by atoms with Crippen molar-refractivity contribution in [1.29, 1.82) is 0 Å². The maximum Gasteiger partial charge on any atom is 0.0612 e. The summed E-state index contributed by atoms with van der Waals surface area (Å²) in [6.07, 6.45) is 5.92. The highest BCUT2D eigenvalue weighted by molar-refractivity contribution is 5.47. The first kappa shape index (κ1) is 17.4. The molecule has 3 heteroatoms. The first-order chi connectivity index (χ1) is 11.8. The van der Waals surface area contributed by atoms with Crippen LogP contribution in [0.25, 0.3) is 0 Å². The lowest BCUT2D eigenvalue weighted by molar-refractivity contribution is -0.187. The third-order valence-electron chi connectivity index (χ3n) is 6.55. The van der Waals surface area contributed by atoms with Gasteiger partial charge in [-0.15, -0.1) is 0 Å². The van der Waals surface area contributed by atoms with Gasteiger partial charge in [-0.1, -0.05) is 17.7 Å². The molecule has 1 aliphatic carbocycles. The van der Waals surface area contributed by atoms with E-state index in [4.69, 9.17) is 4.74 Å². The summed E-state index contributed by atoms with van der Waals surface area (Å²) in [6, 6.07) is 8.93. The Balaban J connectivity index is 1.19. The van der Waals surface area contributed by atoms with Gasteiger partial charge in [0.25, 0.3) is 0 Å². The van der Waals surface area contributed by atoms with Crippen LogP contribution in [0.15, 0.2) is 24.3 Å². The van der Waals surface area contributed by atoms with Crippen molar-refractivity contribution in [3.63, 3.8) is 0 Å². The molecule has 2 aliphatic heterocycles. The minimum Gasteiger partial charge on any atom is -0.375 e. The van der Waals surface area contributed by atoms with Gasteiger partial charge in [0.15, 0.2) is 0 Å². The lowest BCUT2D eigenvalue weighted by Crippen LogP contribution is -2.68. The van der Waals surface area contributed by atoms with E-state index in [1.54, 1.807) is 0 Å². The molecule has 1 saturated carbocycles. The van der Waals surface area contributed by atoms with Crippen LogP contribution in [-0.2, 0) is 4.74 Å². The van der Waals surface area contributed by atoms with Crippen LogP contribution in [0.5, 0.6) is 0 Å². The number of ether oxygens (including phenoxy) is 1. The molecule has 1 aromatic rings. The zero-order chi connectivity index (χ0) is 17.7. The van der Waals surface area contributed by atoms with Gasteiger partial charge in [-0.3, -0.25) is 4.90 Å². The molecular weight excluding hydrogens is 308 g/mol. The summed E-state index contributed by atoms with van der Waals surface area (Å²) in [5, 5.41) is 0. The number of piperidine rings is 1. The highest BCUT2D eigenvalue weighted by Crippen LogP contribution is 2.51. The first-order valence-corrected chi connectivity index (χ1v) is 10.1. The molecule has 0 radical (unpaired) electrons. The number of nitrogens with zero attached hydrogens (tertiary/aromatic N) is 2. The largest absolute Gasteiger partial charge is 0.375 e. The standard InChI is InChI=1S/C22H34N2O/c1-17-5-7-18(8-6-17)23-11-9-19(10-12-23)25-20-13-22(14-20)15-24(16-22)21(2,3)4/h5-8,19-20H,9-16H2,1-4H3. The van der Waals surface area contributed by atoms with Gasteiger partial charge in [0, 0.05) is 42.8 Å². The summed E-state index contributed by atoms with van der Waals surface area (Å²) >= 11 is 0. The Morgan fingerprint density at radius 1 is 0.960 bits per heavy atom. The minimum atomic E-state index is 0.333. The fourth-order valence-corrected chi connectivity index (χ4v) is 4.78. The molecule has 1 aromatic carbocycles. The smallest absolute Gasteiger partial charge is 0.0612 e. The van der Waals surface area contributed by atoms with Crippen LogP contribution in [0.3, 0.4) is 0 Å². The topological polar surface area (TPSA) is 15.7 Å². The second-order valence-corrected chi connectivity index (χ2v) is 9.72. The van der Waals surface area contributed by atoms with Crippen molar-refractivity contribution in [3.8, 4) is 0 Å². The van der Waals surface area contributed by atoms with Crippen LogP contribution in [-0.4, -0.2) is 48.8 Å². The van der Waals surface area contributed by atoms with Crippen molar-refractivity contribution in [2.75, 3.05) is 31.1 Å². The second-order valence-electron chi connectivity index (χ2n) is 9.72. The van der Waals surface area contributed by atoms with Crippen molar-refractivity contribution in [1.82, 2.24) is 4.90 Å². The molecule has 0 atom stereocenters. The lowest BCUT2D eigenvalue weighted by Gasteiger charge is -2.62. The van der Waals surface area contributed by atoms with E-state index in [0.29, 0.717) is 23.2 Å². The van der Waals surface area contributed by atoms with E-state index < -0.39 is 0 Å². The maximum absolute atomic E-state index is 6.44. The summed E-state index contributed by atoms with van der Waals surface area (Å²) < 4.78 is 6.44. The van der Waals surface area contributed by atoms with Crippen LogP contribution in [0.4, 0.5) is 5.69 Å². The molecule has 138 valence electrons. The lowest BCUT2D eigenvalue weighted by atomic mass is 9.60. The van der Waals surface area contributed by atoms with Crippen molar-refractivity contribution in [3.05, 3.63) is 29.8 Å². The van der Waals surface area contributed by atoms with E-state index >= 15 is 0 Å². The van der Waals surface area contributed by atoms with Crippen LogP contribution in [0.1, 0.15) is 52.0 Å². The Kier molecular flexibility index (Phi) is 4.36. The Hall–Kier alpha value is -1.06. The van der Waals surface area contributed by atoms with E-state index in [2.05, 4.69) is 61.8 Å². The predicted molar refractivity (Wildman–Crippen MR) is 104 cm³/mol. The zero-order valence-corrected chi connectivity index (χ0v) is 16.4. The highest BCUT2D eigenvalue weighted by atomic mass is 16.5. The van der Waals surface area contributed by atoms with E-state index in [9.17, 15) is 0 Å². The monoisotopic (exact) mass is 342 g/mol. The highest BCUT2D eigenvalue weighted by Gasteiger charge is 2.55. The van der Waals surface area contributed by atoms with Gasteiger partial charge in [-0.2, -0.15) is 0 Å². The number of aryl methyl sites for hydroxylation is 1.